The summed E-state index contributed by atoms with van der Waals surface area (Å²) >= 11 is 5.96. The molecular weight excluding hydrogens is 238 g/mol. The van der Waals surface area contributed by atoms with Gasteiger partial charge in [0.2, 0.25) is 0 Å². The van der Waals surface area contributed by atoms with Gasteiger partial charge < -0.3 is 4.74 Å². The summed E-state index contributed by atoms with van der Waals surface area (Å²) in [6.45, 7) is 5.22. The normalized spacial score (nSPS) is 10.5. The maximum absolute atomic E-state index is 5.96. The van der Waals surface area contributed by atoms with E-state index in [1.165, 1.54) is 6.33 Å². The van der Waals surface area contributed by atoms with E-state index < -0.39 is 0 Å². The first-order valence-corrected chi connectivity index (χ1v) is 5.76. The largest absolute Gasteiger partial charge is 0.491 e. The summed E-state index contributed by atoms with van der Waals surface area (Å²) in [7, 11) is 0. The number of rotatable bonds is 4. The van der Waals surface area contributed by atoms with Crippen LogP contribution in [0.25, 0.3) is 0 Å². The monoisotopic (exact) mass is 251 g/mol. The Bertz CT molecular complexity index is 473. The third kappa shape index (κ3) is 2.97. The third-order valence-corrected chi connectivity index (χ3v) is 2.68. The minimum atomic E-state index is 0.562. The molecule has 0 spiro atoms. The Morgan fingerprint density at radius 1 is 1.29 bits per heavy atom. The molecule has 0 atom stereocenters. The van der Waals surface area contributed by atoms with Gasteiger partial charge in [-0.2, -0.15) is 5.10 Å². The van der Waals surface area contributed by atoms with Crippen LogP contribution in [0.5, 0.6) is 5.75 Å². The molecule has 2 rings (SSSR count). The molecule has 1 aromatic heterocycles. The zero-order valence-corrected chi connectivity index (χ0v) is 10.6. The number of benzene rings is 1. The van der Waals surface area contributed by atoms with Gasteiger partial charge in [-0.3, -0.25) is 0 Å². The van der Waals surface area contributed by atoms with E-state index in [9.17, 15) is 0 Å². The molecule has 0 amide bonds. The highest BCUT2D eigenvalue weighted by Crippen LogP contribution is 2.26. The lowest BCUT2D eigenvalue weighted by molar-refractivity contribution is 0.287. The maximum atomic E-state index is 5.96. The van der Waals surface area contributed by atoms with E-state index in [2.05, 4.69) is 10.1 Å². The molecule has 0 aliphatic rings. The zero-order chi connectivity index (χ0) is 12.3. The summed E-state index contributed by atoms with van der Waals surface area (Å²) in [5, 5.41) is 4.75. The minimum Gasteiger partial charge on any atom is -0.491 e. The first kappa shape index (κ1) is 11.9. The molecule has 0 fully saturated rings. The number of hydrogen-bond donors (Lipinski definition) is 0. The highest BCUT2D eigenvalue weighted by Gasteiger charge is 2.05. The lowest BCUT2D eigenvalue weighted by Crippen LogP contribution is -2.09. The second kappa shape index (κ2) is 5.19. The van der Waals surface area contributed by atoms with E-state index in [4.69, 9.17) is 16.3 Å². The van der Waals surface area contributed by atoms with Gasteiger partial charge in [-0.25, -0.2) is 9.67 Å². The molecule has 90 valence electrons. The van der Waals surface area contributed by atoms with Gasteiger partial charge in [-0.05, 0) is 37.1 Å². The molecule has 17 heavy (non-hydrogen) atoms. The van der Waals surface area contributed by atoms with Crippen LogP contribution in [0.3, 0.4) is 0 Å². The van der Waals surface area contributed by atoms with Gasteiger partial charge >= 0.3 is 0 Å². The van der Waals surface area contributed by atoms with Crippen molar-refractivity contribution in [2.24, 2.45) is 0 Å². The van der Waals surface area contributed by atoms with Crippen LogP contribution < -0.4 is 4.74 Å². The van der Waals surface area contributed by atoms with Gasteiger partial charge in [-0.15, -0.1) is 0 Å². The van der Waals surface area contributed by atoms with Crippen LogP contribution in [-0.4, -0.2) is 21.4 Å². The number of aryl methyl sites for hydroxylation is 2. The molecule has 0 bridgehead atoms. The van der Waals surface area contributed by atoms with Crippen molar-refractivity contribution in [3.05, 3.63) is 40.9 Å². The molecule has 0 N–H and O–H groups in total. The zero-order valence-electron chi connectivity index (χ0n) is 9.85. The molecule has 5 heteroatoms. The number of nitrogens with zero attached hydrogens (tertiary/aromatic N) is 3. The molecule has 0 aliphatic carbocycles. The Morgan fingerprint density at radius 2 is 2.00 bits per heavy atom. The average Bonchev–Trinajstić information content (AvgIpc) is 2.74. The third-order valence-electron chi connectivity index (χ3n) is 2.46. The second-order valence-corrected chi connectivity index (χ2v) is 4.31. The summed E-state index contributed by atoms with van der Waals surface area (Å²) in [4.78, 5) is 3.87. The van der Waals surface area contributed by atoms with Crippen molar-refractivity contribution in [2.75, 3.05) is 6.61 Å². The molecule has 1 aromatic carbocycles. The molecular formula is C12H14ClN3O. The summed E-state index contributed by atoms with van der Waals surface area (Å²) in [5.41, 5.74) is 2.10. The SMILES string of the molecule is Cc1cc(Cl)cc(C)c1OCCn1cncn1. The fourth-order valence-corrected chi connectivity index (χ4v) is 2.04. The Kier molecular flexibility index (Phi) is 3.64. The molecule has 0 saturated carbocycles. The minimum absolute atomic E-state index is 0.562. The maximum Gasteiger partial charge on any atom is 0.137 e. The van der Waals surface area contributed by atoms with Crippen molar-refractivity contribution in [3.63, 3.8) is 0 Å². The van der Waals surface area contributed by atoms with Crippen LogP contribution >= 0.6 is 11.6 Å². The Balaban J connectivity index is 1.99. The quantitative estimate of drug-likeness (QED) is 0.839. The summed E-state index contributed by atoms with van der Waals surface area (Å²) < 4.78 is 7.49. The van der Waals surface area contributed by atoms with Crippen LogP contribution in [0, 0.1) is 13.8 Å². The standard InChI is InChI=1S/C12H14ClN3O/c1-9-5-11(13)6-10(2)12(9)17-4-3-16-8-14-7-15-16/h5-8H,3-4H2,1-2H3. The lowest BCUT2D eigenvalue weighted by Gasteiger charge is -2.12. The van der Waals surface area contributed by atoms with Crippen LogP contribution in [0.2, 0.25) is 5.02 Å². The molecule has 1 heterocycles. The Hall–Kier alpha value is -1.55. The predicted molar refractivity (Wildman–Crippen MR) is 66.4 cm³/mol. The van der Waals surface area contributed by atoms with Gasteiger partial charge in [0.05, 0.1) is 6.54 Å². The van der Waals surface area contributed by atoms with Crippen LogP contribution in [0.1, 0.15) is 11.1 Å². The van der Waals surface area contributed by atoms with E-state index in [1.807, 2.05) is 26.0 Å². The van der Waals surface area contributed by atoms with Gasteiger partial charge in [-0.1, -0.05) is 11.6 Å². The molecule has 0 radical (unpaired) electrons. The van der Waals surface area contributed by atoms with E-state index in [0.717, 1.165) is 21.9 Å². The first-order valence-electron chi connectivity index (χ1n) is 5.39. The lowest BCUT2D eigenvalue weighted by atomic mass is 10.1. The van der Waals surface area contributed by atoms with E-state index in [1.54, 1.807) is 11.0 Å². The summed E-state index contributed by atoms with van der Waals surface area (Å²) in [5.74, 6) is 0.898. The van der Waals surface area contributed by atoms with E-state index >= 15 is 0 Å². The number of ether oxygens (including phenoxy) is 1. The second-order valence-electron chi connectivity index (χ2n) is 3.88. The van der Waals surface area contributed by atoms with Gasteiger partial charge in [0.1, 0.15) is 25.0 Å². The van der Waals surface area contributed by atoms with Crippen molar-refractivity contribution < 1.29 is 4.74 Å². The number of hydrogen-bond acceptors (Lipinski definition) is 3. The van der Waals surface area contributed by atoms with Crippen molar-refractivity contribution in [3.8, 4) is 5.75 Å². The number of halogens is 1. The van der Waals surface area contributed by atoms with Crippen LogP contribution in [0.15, 0.2) is 24.8 Å². The first-order chi connectivity index (χ1) is 8.16. The number of aromatic nitrogens is 3. The van der Waals surface area contributed by atoms with Crippen molar-refractivity contribution in [2.45, 2.75) is 20.4 Å². The predicted octanol–water partition coefficient (Wildman–Crippen LogP) is 2.63. The topological polar surface area (TPSA) is 39.9 Å². The smallest absolute Gasteiger partial charge is 0.137 e. The Labute approximate surface area is 105 Å². The van der Waals surface area contributed by atoms with Crippen molar-refractivity contribution in [1.29, 1.82) is 0 Å². The molecule has 0 unspecified atom stereocenters. The van der Waals surface area contributed by atoms with Gasteiger partial charge in [0, 0.05) is 5.02 Å². The highest BCUT2D eigenvalue weighted by molar-refractivity contribution is 6.30. The molecule has 0 saturated heterocycles. The summed E-state index contributed by atoms with van der Waals surface area (Å²) in [6.07, 6.45) is 3.18. The van der Waals surface area contributed by atoms with Crippen molar-refractivity contribution >= 4 is 11.6 Å². The van der Waals surface area contributed by atoms with E-state index in [0.29, 0.717) is 13.2 Å². The van der Waals surface area contributed by atoms with Gasteiger partial charge in [0.15, 0.2) is 0 Å². The van der Waals surface area contributed by atoms with E-state index in [-0.39, 0.29) is 0 Å². The van der Waals surface area contributed by atoms with Crippen molar-refractivity contribution in [1.82, 2.24) is 14.8 Å². The fraction of sp³-hybridized carbons (Fsp3) is 0.333. The fourth-order valence-electron chi connectivity index (χ4n) is 1.71. The summed E-state index contributed by atoms with van der Waals surface area (Å²) in [6, 6.07) is 3.80. The average molecular weight is 252 g/mol. The molecule has 0 aliphatic heterocycles. The van der Waals surface area contributed by atoms with Crippen LogP contribution in [-0.2, 0) is 6.54 Å². The van der Waals surface area contributed by atoms with Gasteiger partial charge in [0.25, 0.3) is 0 Å². The Morgan fingerprint density at radius 3 is 2.59 bits per heavy atom. The molecule has 4 nitrogen and oxygen atoms in total. The van der Waals surface area contributed by atoms with Crippen LogP contribution in [0.4, 0.5) is 0 Å². The highest BCUT2D eigenvalue weighted by atomic mass is 35.5. The molecule has 2 aromatic rings.